The molecule has 4 heterocycles. The number of hydrogen-bond donors (Lipinski definition) is 1. The highest BCUT2D eigenvalue weighted by atomic mass is 32.2. The first-order valence-electron chi connectivity index (χ1n) is 13.2. The second-order valence-electron chi connectivity index (χ2n) is 9.82. The summed E-state index contributed by atoms with van der Waals surface area (Å²) in [4.78, 5) is 68.6. The molecule has 2 aromatic heterocycles. The van der Waals surface area contributed by atoms with Gasteiger partial charge in [0.2, 0.25) is 17.7 Å². The van der Waals surface area contributed by atoms with Gasteiger partial charge in [-0.05, 0) is 61.2 Å². The first kappa shape index (κ1) is 28.1. The molecule has 0 radical (unpaired) electrons. The SMILES string of the molecule is CCOC(=O)c1ccc(N2C(=O)[C@H]3[C@H](c4cccs4)c4sc(=O)n(CC(=O)Nc5ccccc5C)c4S[C@H]3C2=O)cc1. The number of para-hydroxylation sites is 1. The average Bonchev–Trinajstić information content (AvgIpc) is 3.67. The monoisotopic (exact) mass is 619 g/mol. The van der Waals surface area contributed by atoms with Crippen LogP contribution in [0, 0.1) is 12.8 Å². The standard InChI is InChI=1S/C30H25N3O6S3/c1-3-39-29(37)17-10-12-18(13-11-17)33-26(35)23-22(20-9-6-14-40-20)25-28(41-24(23)27(33)36)32(30(38)42-25)15-21(34)31-19-8-5-4-7-16(19)2/h4-14,22-24H,3,15H2,1-2H3,(H,31,34)/t22-,23-,24+/m0/s1. The lowest BCUT2D eigenvalue weighted by Crippen LogP contribution is -2.32. The van der Waals surface area contributed by atoms with Crippen molar-refractivity contribution in [1.29, 1.82) is 0 Å². The van der Waals surface area contributed by atoms with Crippen molar-refractivity contribution in [2.75, 3.05) is 16.8 Å². The minimum absolute atomic E-state index is 0.221. The predicted octanol–water partition coefficient (Wildman–Crippen LogP) is 4.89. The Bertz CT molecular complexity index is 1760. The Morgan fingerprint density at radius 2 is 1.74 bits per heavy atom. The average molecular weight is 620 g/mol. The van der Waals surface area contributed by atoms with Gasteiger partial charge in [-0.15, -0.1) is 11.3 Å². The highest BCUT2D eigenvalue weighted by molar-refractivity contribution is 8.00. The number of rotatable bonds is 7. The Labute approximate surface area is 253 Å². The minimum Gasteiger partial charge on any atom is -0.462 e. The molecule has 6 rings (SSSR count). The number of nitrogens with zero attached hydrogens (tertiary/aromatic N) is 2. The number of benzene rings is 2. The molecule has 42 heavy (non-hydrogen) atoms. The molecule has 1 N–H and O–H groups in total. The summed E-state index contributed by atoms with van der Waals surface area (Å²) in [5.74, 6) is -2.86. The highest BCUT2D eigenvalue weighted by Crippen LogP contribution is 2.54. The number of thiazole rings is 1. The van der Waals surface area contributed by atoms with Crippen molar-refractivity contribution in [2.45, 2.75) is 36.6 Å². The highest BCUT2D eigenvalue weighted by Gasteiger charge is 2.57. The maximum Gasteiger partial charge on any atom is 0.338 e. The zero-order chi connectivity index (χ0) is 29.5. The number of aryl methyl sites for hydroxylation is 1. The lowest BCUT2D eigenvalue weighted by Gasteiger charge is -2.29. The van der Waals surface area contributed by atoms with Crippen LogP contribution in [0.3, 0.4) is 0 Å². The molecule has 3 amide bonds. The first-order valence-corrected chi connectivity index (χ1v) is 15.8. The fourth-order valence-corrected chi connectivity index (χ4v) is 9.01. The van der Waals surface area contributed by atoms with Crippen LogP contribution in [0.15, 0.2) is 75.9 Å². The van der Waals surface area contributed by atoms with Crippen molar-refractivity contribution in [3.8, 4) is 0 Å². The number of ether oxygens (including phenoxy) is 1. The normalized spacial score (nSPS) is 19.4. The number of thioether (sulfide) groups is 1. The van der Waals surface area contributed by atoms with Gasteiger partial charge in [-0.1, -0.05) is 47.4 Å². The summed E-state index contributed by atoms with van der Waals surface area (Å²) in [5.41, 5.74) is 2.23. The Balaban J connectivity index is 1.35. The van der Waals surface area contributed by atoms with Gasteiger partial charge < -0.3 is 10.1 Å². The number of anilines is 2. The summed E-state index contributed by atoms with van der Waals surface area (Å²) in [6.07, 6.45) is 0. The van der Waals surface area contributed by atoms with Crippen LogP contribution in [0.4, 0.5) is 11.4 Å². The van der Waals surface area contributed by atoms with Crippen LogP contribution in [0.5, 0.6) is 0 Å². The Kier molecular flexibility index (Phi) is 7.60. The molecule has 0 aliphatic carbocycles. The third-order valence-corrected chi connectivity index (χ3v) is 10.8. The Morgan fingerprint density at radius 1 is 0.976 bits per heavy atom. The quantitative estimate of drug-likeness (QED) is 0.231. The van der Waals surface area contributed by atoms with Crippen LogP contribution >= 0.6 is 34.4 Å². The van der Waals surface area contributed by atoms with Gasteiger partial charge in [0.15, 0.2) is 0 Å². The summed E-state index contributed by atoms with van der Waals surface area (Å²) in [7, 11) is 0. The third kappa shape index (κ3) is 4.89. The zero-order valence-electron chi connectivity index (χ0n) is 22.6. The fraction of sp³-hybridized carbons (Fsp3) is 0.233. The molecule has 2 aliphatic heterocycles. The van der Waals surface area contributed by atoms with Crippen LogP contribution in [0.25, 0.3) is 0 Å². The maximum atomic E-state index is 14.0. The van der Waals surface area contributed by atoms with Crippen LogP contribution in [0.2, 0.25) is 0 Å². The van der Waals surface area contributed by atoms with Crippen LogP contribution < -0.4 is 15.1 Å². The van der Waals surface area contributed by atoms with Crippen molar-refractivity contribution < 1.29 is 23.9 Å². The van der Waals surface area contributed by atoms with E-state index in [0.717, 1.165) is 33.5 Å². The van der Waals surface area contributed by atoms with Gasteiger partial charge in [0.1, 0.15) is 11.8 Å². The summed E-state index contributed by atoms with van der Waals surface area (Å²) in [6, 6.07) is 17.3. The van der Waals surface area contributed by atoms with Crippen molar-refractivity contribution in [3.63, 3.8) is 0 Å². The molecule has 0 spiro atoms. The van der Waals surface area contributed by atoms with Crippen molar-refractivity contribution in [2.24, 2.45) is 5.92 Å². The molecule has 1 fully saturated rings. The van der Waals surface area contributed by atoms with Crippen LogP contribution in [-0.4, -0.2) is 40.1 Å². The van der Waals surface area contributed by atoms with Crippen LogP contribution in [-0.2, 0) is 25.7 Å². The second-order valence-corrected chi connectivity index (χ2v) is 12.9. The van der Waals surface area contributed by atoms with Crippen molar-refractivity contribution >= 4 is 69.5 Å². The Morgan fingerprint density at radius 3 is 2.43 bits per heavy atom. The topological polar surface area (TPSA) is 115 Å². The summed E-state index contributed by atoms with van der Waals surface area (Å²) >= 11 is 3.64. The van der Waals surface area contributed by atoms with Gasteiger partial charge in [0.05, 0.1) is 28.8 Å². The molecule has 2 aliphatic rings. The largest absolute Gasteiger partial charge is 0.462 e. The summed E-state index contributed by atoms with van der Waals surface area (Å²) in [6.45, 7) is 3.61. The van der Waals surface area contributed by atoms with E-state index in [-0.39, 0.29) is 29.8 Å². The number of thiophene rings is 1. The molecule has 12 heteroatoms. The van der Waals surface area contributed by atoms with Crippen molar-refractivity contribution in [1.82, 2.24) is 4.57 Å². The molecule has 1 saturated heterocycles. The van der Waals surface area contributed by atoms with E-state index in [1.165, 1.54) is 32.9 Å². The number of aromatic nitrogens is 1. The number of nitrogens with one attached hydrogen (secondary N) is 1. The van der Waals surface area contributed by atoms with E-state index in [0.29, 0.717) is 26.8 Å². The second kappa shape index (κ2) is 11.3. The van der Waals surface area contributed by atoms with Gasteiger partial charge in [0, 0.05) is 21.4 Å². The van der Waals surface area contributed by atoms with Crippen molar-refractivity contribution in [3.05, 3.63) is 96.6 Å². The lowest BCUT2D eigenvalue weighted by molar-refractivity contribution is -0.122. The molecule has 9 nitrogen and oxygen atoms in total. The number of imide groups is 1. The van der Waals surface area contributed by atoms with Gasteiger partial charge in [-0.3, -0.25) is 23.7 Å². The number of esters is 1. The van der Waals surface area contributed by atoms with E-state index in [1.54, 1.807) is 25.1 Å². The molecule has 4 aromatic rings. The summed E-state index contributed by atoms with van der Waals surface area (Å²) in [5, 5.41) is 4.51. The number of carbonyl (C=O) groups excluding carboxylic acids is 4. The van der Waals surface area contributed by atoms with Crippen LogP contribution in [0.1, 0.15) is 38.5 Å². The molecule has 0 saturated carbocycles. The third-order valence-electron chi connectivity index (χ3n) is 7.26. The van der Waals surface area contributed by atoms with E-state index in [2.05, 4.69) is 5.32 Å². The molecular formula is C30H25N3O6S3. The minimum atomic E-state index is -0.790. The van der Waals surface area contributed by atoms with E-state index in [9.17, 15) is 24.0 Å². The lowest BCUT2D eigenvalue weighted by atomic mass is 9.87. The number of carbonyl (C=O) groups is 4. The smallest absolute Gasteiger partial charge is 0.338 e. The van der Waals surface area contributed by atoms with E-state index >= 15 is 0 Å². The molecular weight excluding hydrogens is 595 g/mol. The molecule has 3 atom stereocenters. The maximum absolute atomic E-state index is 14.0. The first-order chi connectivity index (χ1) is 20.3. The van der Waals surface area contributed by atoms with E-state index in [1.807, 2.05) is 42.6 Å². The molecule has 214 valence electrons. The molecule has 2 aromatic carbocycles. The van der Waals surface area contributed by atoms with E-state index in [4.69, 9.17) is 4.74 Å². The number of amides is 3. The number of fused-ring (bicyclic) bond motifs is 2. The molecule has 0 bridgehead atoms. The van der Waals surface area contributed by atoms with Gasteiger partial charge in [0.25, 0.3) is 0 Å². The van der Waals surface area contributed by atoms with Gasteiger partial charge in [-0.2, -0.15) is 0 Å². The van der Waals surface area contributed by atoms with Gasteiger partial charge >= 0.3 is 10.8 Å². The molecule has 0 unspecified atom stereocenters. The van der Waals surface area contributed by atoms with Gasteiger partial charge in [-0.25, -0.2) is 9.69 Å². The Hall–Kier alpha value is -4.00. The predicted molar refractivity (Wildman–Crippen MR) is 163 cm³/mol. The fourth-order valence-electron chi connectivity index (χ4n) is 5.29. The zero-order valence-corrected chi connectivity index (χ0v) is 25.0. The number of hydrogen-bond acceptors (Lipinski definition) is 9. The summed E-state index contributed by atoms with van der Waals surface area (Å²) < 4.78 is 6.44. The van der Waals surface area contributed by atoms with E-state index < -0.39 is 29.0 Å².